The van der Waals surface area contributed by atoms with Crippen LogP contribution in [0.5, 0.6) is 5.75 Å². The topological polar surface area (TPSA) is 96.3 Å². The first-order chi connectivity index (χ1) is 13.7. The second-order valence-corrected chi connectivity index (χ2v) is 6.08. The molecule has 0 amide bonds. The maximum Gasteiger partial charge on any atom is 0.416 e. The molecule has 3 rings (SSSR count). The smallest absolute Gasteiger partial charge is 0.416 e. The number of aromatic carboxylic acids is 1. The van der Waals surface area contributed by atoms with Crippen molar-refractivity contribution >= 4 is 5.97 Å². The SMILES string of the molecule is Cc1nc(-c2cc(COc3ccc(C(F)(F)F)cc3C#N)cc(C(=O)O)c2)co1. The zero-order valence-corrected chi connectivity index (χ0v) is 14.9. The molecule has 148 valence electrons. The summed E-state index contributed by atoms with van der Waals surface area (Å²) < 4.78 is 49.0. The van der Waals surface area contributed by atoms with Gasteiger partial charge in [0.25, 0.3) is 0 Å². The van der Waals surface area contributed by atoms with Gasteiger partial charge in [0, 0.05) is 12.5 Å². The summed E-state index contributed by atoms with van der Waals surface area (Å²) in [4.78, 5) is 15.6. The first-order valence-corrected chi connectivity index (χ1v) is 8.21. The predicted octanol–water partition coefficient (Wildman–Crippen LogP) is 4.82. The van der Waals surface area contributed by atoms with Crippen molar-refractivity contribution in [1.82, 2.24) is 4.98 Å². The van der Waals surface area contributed by atoms with E-state index in [1.54, 1.807) is 19.1 Å². The molecule has 0 aliphatic rings. The van der Waals surface area contributed by atoms with Crippen molar-refractivity contribution in [1.29, 1.82) is 5.26 Å². The van der Waals surface area contributed by atoms with E-state index in [1.807, 2.05) is 0 Å². The van der Waals surface area contributed by atoms with Gasteiger partial charge in [-0.2, -0.15) is 18.4 Å². The lowest BCUT2D eigenvalue weighted by Crippen LogP contribution is -2.06. The summed E-state index contributed by atoms with van der Waals surface area (Å²) >= 11 is 0. The van der Waals surface area contributed by atoms with E-state index in [0.717, 1.165) is 12.1 Å². The zero-order chi connectivity index (χ0) is 21.2. The van der Waals surface area contributed by atoms with E-state index in [0.29, 0.717) is 28.8 Å². The molecule has 0 unspecified atom stereocenters. The highest BCUT2D eigenvalue weighted by Crippen LogP contribution is 2.32. The van der Waals surface area contributed by atoms with Gasteiger partial charge in [-0.15, -0.1) is 0 Å². The number of ether oxygens (including phenoxy) is 1. The van der Waals surface area contributed by atoms with Crippen molar-refractivity contribution in [2.75, 3.05) is 0 Å². The van der Waals surface area contributed by atoms with Gasteiger partial charge in [0.05, 0.1) is 16.7 Å². The number of nitriles is 1. The van der Waals surface area contributed by atoms with Crippen molar-refractivity contribution in [3.63, 3.8) is 0 Å². The number of carboxylic acids is 1. The van der Waals surface area contributed by atoms with Crippen LogP contribution in [0.25, 0.3) is 11.3 Å². The second kappa shape index (κ2) is 7.67. The lowest BCUT2D eigenvalue weighted by Gasteiger charge is -2.12. The molecule has 1 heterocycles. The Kier molecular flexibility index (Phi) is 5.28. The van der Waals surface area contributed by atoms with Gasteiger partial charge in [-0.05, 0) is 42.0 Å². The van der Waals surface area contributed by atoms with Gasteiger partial charge in [0.2, 0.25) is 0 Å². The lowest BCUT2D eigenvalue weighted by molar-refractivity contribution is -0.137. The standard InChI is InChI=1S/C20H13F3N2O4/c1-11-25-17(10-28-11)13-4-12(5-14(6-13)19(26)27)9-29-18-3-2-16(20(21,22)23)7-15(18)8-24/h2-7,10H,9H2,1H3,(H,26,27). The molecule has 0 aliphatic heterocycles. The van der Waals surface area contributed by atoms with Crippen LogP contribution in [-0.2, 0) is 12.8 Å². The van der Waals surface area contributed by atoms with Gasteiger partial charge in [-0.3, -0.25) is 0 Å². The number of aromatic nitrogens is 1. The van der Waals surface area contributed by atoms with Crippen LogP contribution < -0.4 is 4.74 Å². The summed E-state index contributed by atoms with van der Waals surface area (Å²) in [5.74, 6) is -0.803. The first-order valence-electron chi connectivity index (χ1n) is 8.21. The Labute approximate surface area is 162 Å². The van der Waals surface area contributed by atoms with Crippen molar-refractivity contribution in [2.24, 2.45) is 0 Å². The van der Waals surface area contributed by atoms with E-state index in [2.05, 4.69) is 4.98 Å². The summed E-state index contributed by atoms with van der Waals surface area (Å²) in [5.41, 5.74) is 0.0888. The maximum atomic E-state index is 12.8. The van der Waals surface area contributed by atoms with Crippen LogP contribution in [0.4, 0.5) is 13.2 Å². The minimum absolute atomic E-state index is 0.0188. The van der Waals surface area contributed by atoms with Crippen LogP contribution in [0.2, 0.25) is 0 Å². The van der Waals surface area contributed by atoms with Gasteiger partial charge in [-0.1, -0.05) is 0 Å². The molecule has 2 aromatic carbocycles. The van der Waals surface area contributed by atoms with Crippen LogP contribution in [0.15, 0.2) is 47.1 Å². The molecule has 1 aromatic heterocycles. The average molecular weight is 402 g/mol. The Bertz CT molecular complexity index is 1110. The van der Waals surface area contributed by atoms with E-state index in [4.69, 9.17) is 14.4 Å². The van der Waals surface area contributed by atoms with Crippen LogP contribution >= 0.6 is 0 Å². The third-order valence-corrected chi connectivity index (χ3v) is 3.98. The normalized spacial score (nSPS) is 11.1. The number of rotatable bonds is 5. The fourth-order valence-electron chi connectivity index (χ4n) is 2.62. The predicted molar refractivity (Wildman–Crippen MR) is 94.1 cm³/mol. The highest BCUT2D eigenvalue weighted by Gasteiger charge is 2.31. The molecule has 0 radical (unpaired) electrons. The Balaban J connectivity index is 1.90. The summed E-state index contributed by atoms with van der Waals surface area (Å²) in [6, 6.07) is 8.66. The molecular formula is C20H13F3N2O4. The van der Waals surface area contributed by atoms with E-state index >= 15 is 0 Å². The highest BCUT2D eigenvalue weighted by atomic mass is 19.4. The number of alkyl halides is 3. The summed E-state index contributed by atoms with van der Waals surface area (Å²) in [6.45, 7) is 1.48. The van der Waals surface area contributed by atoms with E-state index in [9.17, 15) is 23.1 Å². The van der Waals surface area contributed by atoms with Gasteiger partial charge in [0.15, 0.2) is 5.89 Å². The number of hydrogen-bond acceptors (Lipinski definition) is 5. The highest BCUT2D eigenvalue weighted by molar-refractivity contribution is 5.89. The van der Waals surface area contributed by atoms with E-state index in [1.165, 1.54) is 18.4 Å². The molecule has 0 spiro atoms. The fraction of sp³-hybridized carbons (Fsp3) is 0.150. The molecule has 0 saturated carbocycles. The fourth-order valence-corrected chi connectivity index (χ4v) is 2.62. The summed E-state index contributed by atoms with van der Waals surface area (Å²) in [6.07, 6.45) is -3.20. The molecule has 9 heteroatoms. The maximum absolute atomic E-state index is 12.8. The molecular weight excluding hydrogens is 389 g/mol. The number of nitrogens with zero attached hydrogens (tertiary/aromatic N) is 2. The van der Waals surface area contributed by atoms with Crippen LogP contribution in [0.1, 0.15) is 32.9 Å². The number of aryl methyl sites for hydroxylation is 1. The van der Waals surface area contributed by atoms with Gasteiger partial charge in [-0.25, -0.2) is 9.78 Å². The van der Waals surface area contributed by atoms with Crippen LogP contribution in [-0.4, -0.2) is 16.1 Å². The first kappa shape index (κ1) is 19.9. The number of carboxylic acid groups (broad SMARTS) is 1. The molecule has 0 saturated heterocycles. The van der Waals surface area contributed by atoms with Gasteiger partial charge >= 0.3 is 12.1 Å². The summed E-state index contributed by atoms with van der Waals surface area (Å²) in [7, 11) is 0. The molecule has 0 fully saturated rings. The number of carbonyl (C=O) groups is 1. The Hall–Kier alpha value is -3.80. The Morgan fingerprint density at radius 2 is 2.03 bits per heavy atom. The molecule has 29 heavy (non-hydrogen) atoms. The van der Waals surface area contributed by atoms with Crippen molar-refractivity contribution in [3.05, 3.63) is 70.8 Å². The van der Waals surface area contributed by atoms with Gasteiger partial charge in [0.1, 0.15) is 30.4 Å². The molecule has 1 N–H and O–H groups in total. The lowest BCUT2D eigenvalue weighted by atomic mass is 10.0. The minimum Gasteiger partial charge on any atom is -0.488 e. The second-order valence-electron chi connectivity index (χ2n) is 6.08. The molecule has 3 aromatic rings. The van der Waals surface area contributed by atoms with Crippen LogP contribution in [0, 0.1) is 18.3 Å². The quantitative estimate of drug-likeness (QED) is 0.657. The molecule has 6 nitrogen and oxygen atoms in total. The zero-order valence-electron chi connectivity index (χ0n) is 14.9. The average Bonchev–Trinajstić information content (AvgIpc) is 3.11. The van der Waals surface area contributed by atoms with E-state index < -0.39 is 17.7 Å². The van der Waals surface area contributed by atoms with E-state index in [-0.39, 0.29) is 23.5 Å². The molecule has 0 bridgehead atoms. The minimum atomic E-state index is -4.58. The van der Waals surface area contributed by atoms with Crippen LogP contribution in [0.3, 0.4) is 0 Å². The number of oxazole rings is 1. The van der Waals surface area contributed by atoms with Crippen molar-refractivity contribution in [3.8, 4) is 23.1 Å². The number of benzene rings is 2. The largest absolute Gasteiger partial charge is 0.488 e. The molecule has 0 aliphatic carbocycles. The molecule has 0 atom stereocenters. The monoisotopic (exact) mass is 402 g/mol. The van der Waals surface area contributed by atoms with Crippen molar-refractivity contribution in [2.45, 2.75) is 19.7 Å². The third-order valence-electron chi connectivity index (χ3n) is 3.98. The summed E-state index contributed by atoms with van der Waals surface area (Å²) in [5, 5.41) is 18.4. The Morgan fingerprint density at radius 3 is 2.62 bits per heavy atom. The van der Waals surface area contributed by atoms with Crippen molar-refractivity contribution < 1.29 is 32.2 Å². The third kappa shape index (κ3) is 4.55. The number of halogens is 3. The number of hydrogen-bond donors (Lipinski definition) is 1. The van der Waals surface area contributed by atoms with Gasteiger partial charge < -0.3 is 14.3 Å². The Morgan fingerprint density at radius 1 is 1.28 bits per heavy atom.